The van der Waals surface area contributed by atoms with Crippen LogP contribution in [-0.2, 0) is 16.0 Å². The monoisotopic (exact) mass is 367 g/mol. The van der Waals surface area contributed by atoms with E-state index < -0.39 is 5.92 Å². The second-order valence-electron chi connectivity index (χ2n) is 6.16. The molecule has 1 rings (SSSR count). The number of amides is 2. The molecule has 0 aliphatic carbocycles. The highest BCUT2D eigenvalue weighted by Crippen LogP contribution is 2.12. The van der Waals surface area contributed by atoms with Crippen LogP contribution in [0.1, 0.15) is 45.4 Å². The van der Waals surface area contributed by atoms with Crippen LogP contribution in [0.15, 0.2) is 0 Å². The van der Waals surface area contributed by atoms with Gasteiger partial charge in [-0.05, 0) is 6.42 Å². The fraction of sp³-hybridized carbons (Fsp3) is 0.688. The van der Waals surface area contributed by atoms with Crippen molar-refractivity contribution in [1.29, 1.82) is 0 Å². The Hall–Kier alpha value is -2.49. The minimum absolute atomic E-state index is 0.0684. The van der Waals surface area contributed by atoms with Crippen molar-refractivity contribution in [1.82, 2.24) is 25.4 Å². The second-order valence-corrected chi connectivity index (χ2v) is 6.16. The van der Waals surface area contributed by atoms with E-state index in [0.717, 1.165) is 19.3 Å². The van der Waals surface area contributed by atoms with Gasteiger partial charge in [-0.25, -0.2) is 5.06 Å². The summed E-state index contributed by atoms with van der Waals surface area (Å²) < 4.78 is 0. The summed E-state index contributed by atoms with van der Waals surface area (Å²) in [5.41, 5.74) is 5.26. The number of hydrazine groups is 1. The van der Waals surface area contributed by atoms with Crippen LogP contribution in [0.4, 0.5) is 11.9 Å². The van der Waals surface area contributed by atoms with Gasteiger partial charge in [0.2, 0.25) is 24.2 Å². The second kappa shape index (κ2) is 11.2. The van der Waals surface area contributed by atoms with E-state index in [1.54, 1.807) is 4.90 Å². The molecular weight excluding hydrogens is 338 g/mol. The van der Waals surface area contributed by atoms with Crippen molar-refractivity contribution < 1.29 is 14.8 Å². The van der Waals surface area contributed by atoms with E-state index in [2.05, 4.69) is 32.7 Å². The number of nitrogens with zero attached hydrogens (tertiary/aromatic N) is 5. The maximum absolute atomic E-state index is 12.4. The predicted octanol–water partition coefficient (Wildman–Crippen LogP) is 0.987. The van der Waals surface area contributed by atoms with Gasteiger partial charge in [0.1, 0.15) is 5.82 Å². The molecule has 10 nitrogen and oxygen atoms in total. The summed E-state index contributed by atoms with van der Waals surface area (Å²) in [5, 5.41) is 9.90. The molecule has 0 aliphatic rings. The number of aryl methyl sites for hydroxylation is 1. The lowest BCUT2D eigenvalue weighted by atomic mass is 10.0. The predicted molar refractivity (Wildman–Crippen MR) is 97.5 cm³/mol. The zero-order chi connectivity index (χ0) is 19.5. The molecular formula is C16H29N7O3. The first-order valence-corrected chi connectivity index (χ1v) is 8.80. The van der Waals surface area contributed by atoms with E-state index in [4.69, 9.17) is 0 Å². The summed E-state index contributed by atoms with van der Waals surface area (Å²) in [6.07, 6.45) is 4.30. The Labute approximate surface area is 153 Å². The first kappa shape index (κ1) is 21.6. The minimum atomic E-state index is -0.537. The van der Waals surface area contributed by atoms with Gasteiger partial charge in [0, 0.05) is 20.5 Å². The maximum atomic E-state index is 12.4. The standard InChI is InChI=1S/C16H29N7O3/c1-5-7-8-9-12(10-23(26)11-24)14(25)20-21-15-17-13(6-2)18-16(19-15)22(3)4/h11-12,26H,5-10H2,1-4H3,(H,20,25)(H,17,18,19,21)/t12-/m1/s1. The minimum Gasteiger partial charge on any atom is -0.347 e. The number of hydrogen-bond acceptors (Lipinski definition) is 8. The third kappa shape index (κ3) is 7.18. The van der Waals surface area contributed by atoms with Gasteiger partial charge < -0.3 is 4.90 Å². The first-order valence-electron chi connectivity index (χ1n) is 8.80. The number of unbranched alkanes of at least 4 members (excludes halogenated alkanes) is 2. The van der Waals surface area contributed by atoms with E-state index in [1.165, 1.54) is 0 Å². The largest absolute Gasteiger partial charge is 0.347 e. The van der Waals surface area contributed by atoms with Gasteiger partial charge in [-0.3, -0.25) is 25.6 Å². The van der Waals surface area contributed by atoms with Crippen LogP contribution in [0, 0.1) is 5.92 Å². The summed E-state index contributed by atoms with van der Waals surface area (Å²) in [6, 6.07) is 0. The fourth-order valence-corrected chi connectivity index (χ4v) is 2.26. The maximum Gasteiger partial charge on any atom is 0.246 e. The summed E-state index contributed by atoms with van der Waals surface area (Å²) >= 11 is 0. The molecule has 0 bridgehead atoms. The van der Waals surface area contributed by atoms with Crippen LogP contribution < -0.4 is 15.8 Å². The van der Waals surface area contributed by atoms with Crippen molar-refractivity contribution in [2.24, 2.45) is 5.92 Å². The number of hydrogen-bond donors (Lipinski definition) is 3. The van der Waals surface area contributed by atoms with E-state index in [1.807, 2.05) is 21.0 Å². The lowest BCUT2D eigenvalue weighted by molar-refractivity contribution is -0.154. The van der Waals surface area contributed by atoms with Crippen molar-refractivity contribution in [2.75, 3.05) is 31.0 Å². The lowest BCUT2D eigenvalue weighted by Crippen LogP contribution is -2.40. The van der Waals surface area contributed by atoms with E-state index in [-0.39, 0.29) is 24.8 Å². The summed E-state index contributed by atoms with van der Waals surface area (Å²) in [4.78, 5) is 37.6. The van der Waals surface area contributed by atoms with Gasteiger partial charge in [0.15, 0.2) is 0 Å². The average Bonchev–Trinajstić information content (AvgIpc) is 2.64. The summed E-state index contributed by atoms with van der Waals surface area (Å²) in [6.45, 7) is 3.92. The fourth-order valence-electron chi connectivity index (χ4n) is 2.26. The normalized spacial score (nSPS) is 11.6. The molecule has 2 amide bonds. The Balaban J connectivity index is 2.76. The summed E-state index contributed by atoms with van der Waals surface area (Å²) in [7, 11) is 3.63. The van der Waals surface area contributed by atoms with Crippen LogP contribution in [-0.4, -0.2) is 58.2 Å². The Morgan fingerprint density at radius 1 is 1.23 bits per heavy atom. The van der Waals surface area contributed by atoms with Gasteiger partial charge >= 0.3 is 0 Å². The molecule has 1 atom stereocenters. The molecule has 0 radical (unpaired) electrons. The topological polar surface area (TPSA) is 124 Å². The molecule has 0 saturated heterocycles. The number of rotatable bonds is 12. The SMILES string of the molecule is CCCCC[C@H](CN(O)C=O)C(=O)NNc1nc(CC)nc(N(C)C)n1. The molecule has 0 unspecified atom stereocenters. The molecule has 0 saturated carbocycles. The van der Waals surface area contributed by atoms with Crippen LogP contribution in [0.3, 0.4) is 0 Å². The third-order valence-corrected chi connectivity index (χ3v) is 3.74. The van der Waals surface area contributed by atoms with Crippen molar-refractivity contribution in [3.05, 3.63) is 5.82 Å². The molecule has 146 valence electrons. The van der Waals surface area contributed by atoms with Gasteiger partial charge in [0.05, 0.1) is 12.5 Å². The molecule has 26 heavy (non-hydrogen) atoms. The zero-order valence-corrected chi connectivity index (χ0v) is 15.9. The number of nitrogens with one attached hydrogen (secondary N) is 2. The van der Waals surface area contributed by atoms with Crippen LogP contribution in [0.5, 0.6) is 0 Å². The molecule has 10 heteroatoms. The van der Waals surface area contributed by atoms with E-state index in [0.29, 0.717) is 29.7 Å². The van der Waals surface area contributed by atoms with Crippen molar-refractivity contribution in [3.8, 4) is 0 Å². The van der Waals surface area contributed by atoms with Crippen molar-refractivity contribution in [3.63, 3.8) is 0 Å². The Morgan fingerprint density at radius 3 is 2.54 bits per heavy atom. The highest BCUT2D eigenvalue weighted by molar-refractivity contribution is 5.80. The van der Waals surface area contributed by atoms with Crippen LogP contribution >= 0.6 is 0 Å². The number of anilines is 2. The number of carbonyl (C=O) groups is 2. The van der Waals surface area contributed by atoms with Crippen LogP contribution in [0.25, 0.3) is 0 Å². The van der Waals surface area contributed by atoms with Crippen molar-refractivity contribution in [2.45, 2.75) is 46.0 Å². The zero-order valence-electron chi connectivity index (χ0n) is 15.9. The highest BCUT2D eigenvalue weighted by Gasteiger charge is 2.21. The lowest BCUT2D eigenvalue weighted by Gasteiger charge is -2.20. The van der Waals surface area contributed by atoms with Crippen LogP contribution in [0.2, 0.25) is 0 Å². The Kier molecular flexibility index (Phi) is 9.27. The molecule has 1 heterocycles. The Bertz CT molecular complexity index is 583. The van der Waals surface area contributed by atoms with E-state index >= 15 is 0 Å². The third-order valence-electron chi connectivity index (χ3n) is 3.74. The molecule has 0 aromatic carbocycles. The molecule has 0 aliphatic heterocycles. The number of hydroxylamine groups is 2. The molecule has 0 fully saturated rings. The summed E-state index contributed by atoms with van der Waals surface area (Å²) in [5.74, 6) is 0.437. The first-order chi connectivity index (χ1) is 12.4. The smallest absolute Gasteiger partial charge is 0.246 e. The highest BCUT2D eigenvalue weighted by atomic mass is 16.5. The number of carbonyl (C=O) groups excluding carboxylic acids is 2. The van der Waals surface area contributed by atoms with Gasteiger partial charge in [0.25, 0.3) is 0 Å². The quantitative estimate of drug-likeness (QED) is 0.216. The molecule has 1 aromatic heterocycles. The van der Waals surface area contributed by atoms with Gasteiger partial charge in [-0.1, -0.05) is 33.1 Å². The molecule has 3 N–H and O–H groups in total. The van der Waals surface area contributed by atoms with Gasteiger partial charge in [-0.2, -0.15) is 15.0 Å². The number of aromatic nitrogens is 3. The van der Waals surface area contributed by atoms with Crippen molar-refractivity contribution >= 4 is 24.2 Å². The Morgan fingerprint density at radius 2 is 1.96 bits per heavy atom. The van der Waals surface area contributed by atoms with E-state index in [9.17, 15) is 14.8 Å². The average molecular weight is 367 g/mol. The van der Waals surface area contributed by atoms with Gasteiger partial charge in [-0.15, -0.1) is 0 Å². The molecule has 0 spiro atoms. The molecule has 1 aromatic rings.